The van der Waals surface area contributed by atoms with Gasteiger partial charge >= 0.3 is 0 Å². The Balaban J connectivity index is 1.95. The zero-order valence-electron chi connectivity index (χ0n) is 11.5. The molecule has 0 aliphatic rings. The summed E-state index contributed by atoms with van der Waals surface area (Å²) in [5.41, 5.74) is 1.32. The molecule has 2 aromatic rings. The van der Waals surface area contributed by atoms with Crippen molar-refractivity contribution >= 4 is 5.91 Å². The lowest BCUT2D eigenvalue weighted by atomic mass is 10.1. The Morgan fingerprint density at radius 1 is 1.52 bits per heavy atom. The third kappa shape index (κ3) is 3.61. The molecule has 0 fully saturated rings. The summed E-state index contributed by atoms with van der Waals surface area (Å²) in [6.45, 7) is 0.0685. The lowest BCUT2D eigenvalue weighted by molar-refractivity contribution is 0.0916. The number of nitrogens with one attached hydrogen (secondary N) is 2. The zero-order valence-corrected chi connectivity index (χ0v) is 11.5. The highest BCUT2D eigenvalue weighted by Gasteiger charge is 2.12. The van der Waals surface area contributed by atoms with Crippen molar-refractivity contribution in [1.29, 1.82) is 5.26 Å². The van der Waals surface area contributed by atoms with Crippen LogP contribution in [0.15, 0.2) is 36.5 Å². The number of aliphatic hydroxyl groups is 1. The van der Waals surface area contributed by atoms with E-state index in [-0.39, 0.29) is 12.5 Å². The third-order valence-electron chi connectivity index (χ3n) is 3.00. The number of carbonyl (C=O) groups excluding carboxylic acids is 1. The lowest BCUT2D eigenvalue weighted by Crippen LogP contribution is -2.28. The number of nitriles is 1. The van der Waals surface area contributed by atoms with Crippen molar-refractivity contribution in [1.82, 2.24) is 10.3 Å². The minimum Gasteiger partial charge on any atom is -0.497 e. The fourth-order valence-electron chi connectivity index (χ4n) is 1.85. The maximum absolute atomic E-state index is 11.9. The number of carbonyl (C=O) groups is 1. The second-order valence-electron chi connectivity index (χ2n) is 4.42. The SMILES string of the molecule is COc1cccc(C(O)CNC(=O)c2c[nH]c(C#N)c2)c1. The Labute approximate surface area is 122 Å². The Morgan fingerprint density at radius 3 is 3.00 bits per heavy atom. The van der Waals surface area contributed by atoms with Gasteiger partial charge in [-0.2, -0.15) is 5.26 Å². The average Bonchev–Trinajstić information content (AvgIpc) is 3.01. The highest BCUT2D eigenvalue weighted by atomic mass is 16.5. The molecule has 1 amide bonds. The van der Waals surface area contributed by atoms with E-state index in [0.29, 0.717) is 22.6 Å². The summed E-state index contributed by atoms with van der Waals surface area (Å²) < 4.78 is 5.08. The molecule has 0 bridgehead atoms. The summed E-state index contributed by atoms with van der Waals surface area (Å²) in [4.78, 5) is 14.5. The van der Waals surface area contributed by atoms with Crippen molar-refractivity contribution < 1.29 is 14.6 Å². The van der Waals surface area contributed by atoms with Crippen LogP contribution in [0, 0.1) is 11.3 Å². The molecule has 21 heavy (non-hydrogen) atoms. The molecule has 6 heteroatoms. The van der Waals surface area contributed by atoms with Crippen molar-refractivity contribution in [2.24, 2.45) is 0 Å². The monoisotopic (exact) mass is 285 g/mol. The molecule has 1 heterocycles. The summed E-state index contributed by atoms with van der Waals surface area (Å²) in [6.07, 6.45) is 0.615. The molecule has 0 saturated heterocycles. The highest BCUT2D eigenvalue weighted by Crippen LogP contribution is 2.18. The van der Waals surface area contributed by atoms with E-state index in [1.807, 2.05) is 6.07 Å². The fourth-order valence-corrected chi connectivity index (χ4v) is 1.85. The third-order valence-corrected chi connectivity index (χ3v) is 3.00. The van der Waals surface area contributed by atoms with E-state index in [1.165, 1.54) is 12.3 Å². The minimum atomic E-state index is -0.835. The first kappa shape index (κ1) is 14.6. The molecule has 0 radical (unpaired) electrons. The summed E-state index contributed by atoms with van der Waals surface area (Å²) >= 11 is 0. The van der Waals surface area contributed by atoms with Crippen LogP contribution in [-0.4, -0.2) is 29.7 Å². The van der Waals surface area contributed by atoms with Gasteiger partial charge in [0.05, 0.1) is 18.8 Å². The number of rotatable bonds is 5. The van der Waals surface area contributed by atoms with Gasteiger partial charge in [0.15, 0.2) is 0 Å². The number of nitrogens with zero attached hydrogens (tertiary/aromatic N) is 1. The van der Waals surface area contributed by atoms with Crippen LogP contribution in [0.4, 0.5) is 0 Å². The van der Waals surface area contributed by atoms with E-state index in [0.717, 1.165) is 0 Å². The van der Waals surface area contributed by atoms with Crippen molar-refractivity contribution in [3.05, 3.63) is 53.3 Å². The molecule has 2 rings (SSSR count). The maximum atomic E-state index is 11.9. The van der Waals surface area contributed by atoms with E-state index >= 15 is 0 Å². The van der Waals surface area contributed by atoms with Crippen LogP contribution < -0.4 is 10.1 Å². The van der Waals surface area contributed by atoms with Crippen molar-refractivity contribution in [3.63, 3.8) is 0 Å². The van der Waals surface area contributed by atoms with Crippen LogP contribution in [0.2, 0.25) is 0 Å². The van der Waals surface area contributed by atoms with Crippen molar-refractivity contribution in [2.45, 2.75) is 6.10 Å². The predicted molar refractivity (Wildman–Crippen MR) is 75.8 cm³/mol. The van der Waals surface area contributed by atoms with E-state index in [1.54, 1.807) is 31.4 Å². The minimum absolute atomic E-state index is 0.0685. The molecule has 1 unspecified atom stereocenters. The van der Waals surface area contributed by atoms with E-state index in [9.17, 15) is 9.90 Å². The van der Waals surface area contributed by atoms with Gasteiger partial charge in [-0.3, -0.25) is 4.79 Å². The summed E-state index contributed by atoms with van der Waals surface area (Å²) in [5, 5.41) is 21.4. The number of aliphatic hydroxyl groups excluding tert-OH is 1. The van der Waals surface area contributed by atoms with Gasteiger partial charge in [0.1, 0.15) is 17.5 Å². The fraction of sp³-hybridized carbons (Fsp3) is 0.200. The first-order chi connectivity index (χ1) is 10.1. The quantitative estimate of drug-likeness (QED) is 0.772. The van der Waals surface area contributed by atoms with Crippen LogP contribution in [0.25, 0.3) is 0 Å². The Hall–Kier alpha value is -2.78. The average molecular weight is 285 g/mol. The van der Waals surface area contributed by atoms with Crippen LogP contribution in [0.1, 0.15) is 27.7 Å². The number of hydrogen-bond donors (Lipinski definition) is 3. The number of H-pyrrole nitrogens is 1. The predicted octanol–water partition coefficient (Wildman–Crippen LogP) is 1.36. The van der Waals surface area contributed by atoms with Gasteiger partial charge in [0.25, 0.3) is 5.91 Å². The van der Waals surface area contributed by atoms with Crippen molar-refractivity contribution in [2.75, 3.05) is 13.7 Å². The molecule has 3 N–H and O–H groups in total. The molecule has 0 spiro atoms. The van der Waals surface area contributed by atoms with E-state index < -0.39 is 6.10 Å². The molecule has 0 saturated carbocycles. The van der Waals surface area contributed by atoms with Crippen LogP contribution >= 0.6 is 0 Å². The Morgan fingerprint density at radius 2 is 2.33 bits per heavy atom. The standard InChI is InChI=1S/C15H15N3O3/c1-21-13-4-2-3-10(6-13)14(19)9-18-15(20)11-5-12(7-16)17-8-11/h2-6,8,14,17,19H,9H2,1H3,(H,18,20). The lowest BCUT2D eigenvalue weighted by Gasteiger charge is -2.12. The molecule has 1 aromatic carbocycles. The first-order valence-electron chi connectivity index (χ1n) is 6.32. The van der Waals surface area contributed by atoms with E-state index in [2.05, 4.69) is 10.3 Å². The van der Waals surface area contributed by atoms with Crippen LogP contribution in [0.3, 0.4) is 0 Å². The highest BCUT2D eigenvalue weighted by molar-refractivity contribution is 5.94. The Kier molecular flexibility index (Phi) is 4.59. The van der Waals surface area contributed by atoms with Gasteiger partial charge in [-0.1, -0.05) is 12.1 Å². The van der Waals surface area contributed by atoms with Crippen LogP contribution in [-0.2, 0) is 0 Å². The summed E-state index contributed by atoms with van der Waals surface area (Å²) in [6, 6.07) is 10.4. The molecule has 108 valence electrons. The molecular weight excluding hydrogens is 270 g/mol. The molecule has 6 nitrogen and oxygen atoms in total. The van der Waals surface area contributed by atoms with E-state index in [4.69, 9.17) is 10.00 Å². The number of methoxy groups -OCH3 is 1. The molecule has 1 atom stereocenters. The molecule has 0 aliphatic heterocycles. The zero-order chi connectivity index (χ0) is 15.2. The molecule has 1 aromatic heterocycles. The number of ether oxygens (including phenoxy) is 1. The van der Waals surface area contributed by atoms with Gasteiger partial charge < -0.3 is 20.1 Å². The maximum Gasteiger partial charge on any atom is 0.252 e. The van der Waals surface area contributed by atoms with Crippen molar-refractivity contribution in [3.8, 4) is 11.8 Å². The summed E-state index contributed by atoms with van der Waals surface area (Å²) in [7, 11) is 1.55. The largest absolute Gasteiger partial charge is 0.497 e. The number of amides is 1. The topological polar surface area (TPSA) is 98.1 Å². The van der Waals surface area contributed by atoms with Gasteiger partial charge in [-0.05, 0) is 23.8 Å². The smallest absolute Gasteiger partial charge is 0.252 e. The summed E-state index contributed by atoms with van der Waals surface area (Å²) in [5.74, 6) is 0.289. The number of aromatic amines is 1. The number of hydrogen-bond acceptors (Lipinski definition) is 4. The van der Waals surface area contributed by atoms with Crippen LogP contribution in [0.5, 0.6) is 5.75 Å². The number of aromatic nitrogens is 1. The first-order valence-corrected chi connectivity index (χ1v) is 6.32. The van der Waals surface area contributed by atoms with Gasteiger partial charge in [-0.15, -0.1) is 0 Å². The Bertz CT molecular complexity index is 673. The normalized spacial score (nSPS) is 11.5. The second-order valence-corrected chi connectivity index (χ2v) is 4.42. The van der Waals surface area contributed by atoms with Gasteiger partial charge in [0.2, 0.25) is 0 Å². The number of benzene rings is 1. The molecule has 0 aliphatic carbocycles. The second kappa shape index (κ2) is 6.59. The van der Waals surface area contributed by atoms with Gasteiger partial charge in [0, 0.05) is 12.7 Å². The van der Waals surface area contributed by atoms with Gasteiger partial charge in [-0.25, -0.2) is 0 Å². The molecular formula is C15H15N3O3.